The lowest BCUT2D eigenvalue weighted by Gasteiger charge is -2.25. The molecule has 2 aromatic rings. The zero-order chi connectivity index (χ0) is 16.6. The van der Waals surface area contributed by atoms with Crippen molar-refractivity contribution in [2.24, 2.45) is 5.92 Å². The fraction of sp³-hybridized carbons (Fsp3) is 0.421. The quantitative estimate of drug-likeness (QED) is 0.847. The van der Waals surface area contributed by atoms with Crippen LogP contribution >= 0.6 is 0 Å². The van der Waals surface area contributed by atoms with Gasteiger partial charge < -0.3 is 10.2 Å². The van der Waals surface area contributed by atoms with Crippen LogP contribution in [0.15, 0.2) is 49.1 Å². The van der Waals surface area contributed by atoms with Gasteiger partial charge in [0.1, 0.15) is 0 Å². The number of carbonyl (C=O) groups excluding carboxylic acids is 1. The summed E-state index contributed by atoms with van der Waals surface area (Å²) in [5.41, 5.74) is 2.24. The summed E-state index contributed by atoms with van der Waals surface area (Å²) in [5, 5.41) is 3.38. The Kier molecular flexibility index (Phi) is 5.90. The average Bonchev–Trinajstić information content (AvgIpc) is 3.14. The zero-order valence-electron chi connectivity index (χ0n) is 13.9. The number of nitrogens with zero attached hydrogens (tertiary/aromatic N) is 3. The van der Waals surface area contributed by atoms with Crippen LogP contribution < -0.4 is 5.32 Å². The van der Waals surface area contributed by atoms with E-state index in [1.54, 1.807) is 18.6 Å². The summed E-state index contributed by atoms with van der Waals surface area (Å²) in [6, 6.07) is 7.90. The largest absolute Gasteiger partial charge is 0.338 e. The van der Waals surface area contributed by atoms with Gasteiger partial charge in [-0.3, -0.25) is 14.8 Å². The zero-order valence-corrected chi connectivity index (χ0v) is 13.9. The molecule has 3 rings (SSSR count). The van der Waals surface area contributed by atoms with Crippen LogP contribution in [0.4, 0.5) is 0 Å². The molecule has 0 saturated carbocycles. The van der Waals surface area contributed by atoms with Gasteiger partial charge in [0.2, 0.25) is 5.91 Å². The Balaban J connectivity index is 1.62. The molecule has 1 aliphatic rings. The number of nitrogens with one attached hydrogen (secondary N) is 1. The topological polar surface area (TPSA) is 58.1 Å². The molecular formula is C19H24N4O. The maximum absolute atomic E-state index is 12.8. The lowest BCUT2D eigenvalue weighted by Crippen LogP contribution is -2.35. The Morgan fingerprint density at radius 2 is 2.04 bits per heavy atom. The van der Waals surface area contributed by atoms with E-state index in [1.165, 1.54) is 0 Å². The lowest BCUT2D eigenvalue weighted by molar-refractivity contribution is -0.132. The first-order valence-corrected chi connectivity index (χ1v) is 8.57. The van der Waals surface area contributed by atoms with Gasteiger partial charge in [0, 0.05) is 44.3 Å². The minimum Gasteiger partial charge on any atom is -0.338 e. The van der Waals surface area contributed by atoms with Crippen molar-refractivity contribution in [2.75, 3.05) is 19.6 Å². The molecule has 1 saturated heterocycles. The van der Waals surface area contributed by atoms with Crippen LogP contribution in [0, 0.1) is 5.92 Å². The van der Waals surface area contributed by atoms with Crippen LogP contribution in [-0.2, 0) is 17.8 Å². The van der Waals surface area contributed by atoms with Crippen LogP contribution in [0.25, 0.3) is 0 Å². The molecule has 1 atom stereocenters. The van der Waals surface area contributed by atoms with E-state index in [-0.39, 0.29) is 5.91 Å². The number of hydrogen-bond acceptors (Lipinski definition) is 4. The molecular weight excluding hydrogens is 300 g/mol. The molecule has 0 bridgehead atoms. The predicted octanol–water partition coefficient (Wildman–Crippen LogP) is 2.05. The van der Waals surface area contributed by atoms with Crippen LogP contribution in [0.5, 0.6) is 0 Å². The Morgan fingerprint density at radius 3 is 2.75 bits per heavy atom. The predicted molar refractivity (Wildman–Crippen MR) is 93.2 cm³/mol. The monoisotopic (exact) mass is 324 g/mol. The van der Waals surface area contributed by atoms with Crippen molar-refractivity contribution in [3.05, 3.63) is 60.2 Å². The number of carbonyl (C=O) groups is 1. The van der Waals surface area contributed by atoms with E-state index < -0.39 is 0 Å². The number of hydrogen-bond donors (Lipinski definition) is 1. The van der Waals surface area contributed by atoms with Crippen LogP contribution in [-0.4, -0.2) is 40.4 Å². The van der Waals surface area contributed by atoms with E-state index in [9.17, 15) is 4.79 Å². The molecule has 1 amide bonds. The van der Waals surface area contributed by atoms with Crippen molar-refractivity contribution in [3.8, 4) is 0 Å². The maximum atomic E-state index is 12.8. The van der Waals surface area contributed by atoms with Gasteiger partial charge in [0.05, 0.1) is 0 Å². The molecule has 126 valence electrons. The van der Waals surface area contributed by atoms with E-state index in [4.69, 9.17) is 0 Å². The highest BCUT2D eigenvalue weighted by Gasteiger charge is 2.21. The number of aryl methyl sites for hydroxylation is 1. The normalized spacial score (nSPS) is 16.9. The number of amides is 1. The highest BCUT2D eigenvalue weighted by molar-refractivity contribution is 5.76. The molecule has 5 nitrogen and oxygen atoms in total. The van der Waals surface area contributed by atoms with E-state index in [1.807, 2.05) is 35.4 Å². The second kappa shape index (κ2) is 8.55. The van der Waals surface area contributed by atoms with Gasteiger partial charge in [-0.25, -0.2) is 0 Å². The standard InChI is InChI=1S/C19H24N4O/c24-19(4-3-16-5-9-20-10-6-16)23(15-18-7-11-22-13-18)14-17-2-1-8-21-12-17/h1-2,5-6,8-10,12,18,22H,3-4,7,11,13-15H2/t18-/m0/s1. The molecule has 1 N–H and O–H groups in total. The molecule has 0 aliphatic carbocycles. The first-order chi connectivity index (χ1) is 11.8. The van der Waals surface area contributed by atoms with E-state index >= 15 is 0 Å². The van der Waals surface area contributed by atoms with Gasteiger partial charge in [-0.15, -0.1) is 0 Å². The molecule has 5 heteroatoms. The summed E-state index contributed by atoms with van der Waals surface area (Å²) in [6.45, 7) is 3.51. The first-order valence-electron chi connectivity index (χ1n) is 8.57. The van der Waals surface area contributed by atoms with Crippen LogP contribution in [0.3, 0.4) is 0 Å². The SMILES string of the molecule is O=C(CCc1ccncc1)N(Cc1cccnc1)C[C@H]1CCNC1. The molecule has 0 aromatic carbocycles. The summed E-state index contributed by atoms with van der Waals surface area (Å²) >= 11 is 0. The Labute approximate surface area is 143 Å². The molecule has 0 spiro atoms. The van der Waals surface area contributed by atoms with Crippen molar-refractivity contribution in [1.82, 2.24) is 20.2 Å². The molecule has 0 unspecified atom stereocenters. The number of pyridine rings is 2. The van der Waals surface area contributed by atoms with Crippen molar-refractivity contribution < 1.29 is 4.79 Å². The third kappa shape index (κ3) is 4.86. The average molecular weight is 324 g/mol. The van der Waals surface area contributed by atoms with Crippen LogP contribution in [0.1, 0.15) is 24.0 Å². The summed E-state index contributed by atoms with van der Waals surface area (Å²) in [4.78, 5) is 23.0. The third-order valence-corrected chi connectivity index (χ3v) is 4.47. The third-order valence-electron chi connectivity index (χ3n) is 4.47. The summed E-state index contributed by atoms with van der Waals surface area (Å²) < 4.78 is 0. The van der Waals surface area contributed by atoms with Gasteiger partial charge in [-0.2, -0.15) is 0 Å². The van der Waals surface area contributed by atoms with Crippen molar-refractivity contribution in [3.63, 3.8) is 0 Å². The maximum Gasteiger partial charge on any atom is 0.223 e. The Hall–Kier alpha value is -2.27. The van der Waals surface area contributed by atoms with E-state index in [2.05, 4.69) is 15.3 Å². The minimum absolute atomic E-state index is 0.211. The Morgan fingerprint density at radius 1 is 1.17 bits per heavy atom. The smallest absolute Gasteiger partial charge is 0.223 e. The van der Waals surface area contributed by atoms with Gasteiger partial charge in [0.25, 0.3) is 0 Å². The van der Waals surface area contributed by atoms with Gasteiger partial charge >= 0.3 is 0 Å². The second-order valence-electron chi connectivity index (χ2n) is 6.35. The summed E-state index contributed by atoms with van der Waals surface area (Å²) in [5.74, 6) is 0.758. The fourth-order valence-corrected chi connectivity index (χ4v) is 3.11. The molecule has 0 radical (unpaired) electrons. The van der Waals surface area contributed by atoms with Gasteiger partial charge in [0.15, 0.2) is 0 Å². The minimum atomic E-state index is 0.211. The second-order valence-corrected chi connectivity index (χ2v) is 6.35. The van der Waals surface area contributed by atoms with Crippen molar-refractivity contribution >= 4 is 5.91 Å². The molecule has 1 fully saturated rings. The van der Waals surface area contributed by atoms with Crippen molar-refractivity contribution in [1.29, 1.82) is 0 Å². The molecule has 2 aromatic heterocycles. The number of rotatable bonds is 7. The highest BCUT2D eigenvalue weighted by atomic mass is 16.2. The number of aromatic nitrogens is 2. The Bertz CT molecular complexity index is 626. The summed E-state index contributed by atoms with van der Waals surface area (Å²) in [6.07, 6.45) is 9.59. The van der Waals surface area contributed by atoms with Crippen molar-refractivity contribution in [2.45, 2.75) is 25.8 Å². The van der Waals surface area contributed by atoms with Gasteiger partial charge in [-0.1, -0.05) is 6.07 Å². The molecule has 1 aliphatic heterocycles. The molecule has 3 heterocycles. The van der Waals surface area contributed by atoms with Gasteiger partial charge in [-0.05, 0) is 61.2 Å². The lowest BCUT2D eigenvalue weighted by atomic mass is 10.1. The van der Waals surface area contributed by atoms with E-state index in [0.29, 0.717) is 18.9 Å². The first kappa shape index (κ1) is 16.6. The van der Waals surface area contributed by atoms with Crippen LogP contribution in [0.2, 0.25) is 0 Å². The fourth-order valence-electron chi connectivity index (χ4n) is 3.11. The highest BCUT2D eigenvalue weighted by Crippen LogP contribution is 2.14. The van der Waals surface area contributed by atoms with E-state index in [0.717, 1.165) is 43.6 Å². The molecule has 24 heavy (non-hydrogen) atoms. The summed E-state index contributed by atoms with van der Waals surface area (Å²) in [7, 11) is 0.